The lowest BCUT2D eigenvalue weighted by atomic mass is 10.0. The van der Waals surface area contributed by atoms with Gasteiger partial charge in [0.15, 0.2) is 0 Å². The van der Waals surface area contributed by atoms with Crippen LogP contribution in [0.1, 0.15) is 18.5 Å². The quantitative estimate of drug-likeness (QED) is 0.681. The third-order valence-corrected chi connectivity index (χ3v) is 7.62. The molecule has 5 rings (SSSR count). The van der Waals surface area contributed by atoms with Crippen molar-refractivity contribution >= 4 is 27.2 Å². The fourth-order valence-corrected chi connectivity index (χ4v) is 5.94. The van der Waals surface area contributed by atoms with Gasteiger partial charge in [-0.15, -0.1) is 0 Å². The number of fused-ring (bicyclic) bond motifs is 2. The van der Waals surface area contributed by atoms with Crippen LogP contribution in [-0.4, -0.2) is 48.9 Å². The molecule has 1 fully saturated rings. The maximum absolute atomic E-state index is 12.9. The van der Waals surface area contributed by atoms with Crippen LogP contribution in [0.25, 0.3) is 5.65 Å². The number of para-hydroxylation sites is 2. The summed E-state index contributed by atoms with van der Waals surface area (Å²) in [7, 11) is -1.85. The van der Waals surface area contributed by atoms with Crippen LogP contribution in [0, 0.1) is 0 Å². The highest BCUT2D eigenvalue weighted by Gasteiger charge is 2.42. The van der Waals surface area contributed by atoms with E-state index in [0.29, 0.717) is 0 Å². The molecular formula is C20H23N5O2S. The molecule has 0 N–H and O–H groups in total. The minimum atomic E-state index is -3.49. The first-order valence-electron chi connectivity index (χ1n) is 9.56. The molecule has 0 atom stereocenters. The summed E-state index contributed by atoms with van der Waals surface area (Å²) in [5.41, 5.74) is 3.55. The van der Waals surface area contributed by atoms with E-state index in [1.54, 1.807) is 11.4 Å². The first-order chi connectivity index (χ1) is 13.5. The molecule has 2 aliphatic heterocycles. The van der Waals surface area contributed by atoms with E-state index in [1.807, 2.05) is 53.1 Å². The molecule has 0 unspecified atom stereocenters. The molecule has 0 amide bonds. The van der Waals surface area contributed by atoms with E-state index >= 15 is 0 Å². The molecule has 2 aliphatic rings. The van der Waals surface area contributed by atoms with Crippen LogP contribution < -0.4 is 8.61 Å². The van der Waals surface area contributed by atoms with Crippen molar-refractivity contribution in [1.29, 1.82) is 0 Å². The Labute approximate surface area is 165 Å². The molecule has 0 radical (unpaired) electrons. The van der Waals surface area contributed by atoms with E-state index in [9.17, 15) is 8.42 Å². The van der Waals surface area contributed by atoms with Crippen molar-refractivity contribution in [2.75, 3.05) is 28.7 Å². The van der Waals surface area contributed by atoms with Crippen molar-refractivity contribution in [1.82, 2.24) is 14.3 Å². The maximum atomic E-state index is 12.9. The van der Waals surface area contributed by atoms with Crippen LogP contribution in [0.3, 0.4) is 0 Å². The number of hydrogen-bond acceptors (Lipinski definition) is 4. The maximum Gasteiger partial charge on any atom is 0.326 e. The molecule has 3 aromatic rings. The number of aromatic nitrogens is 2. The SMILES string of the molecule is CN1c2ccccc2N(C2CCN(Cc3cn4ccccc4n3)CC2)S1(=O)=O. The van der Waals surface area contributed by atoms with E-state index in [4.69, 9.17) is 0 Å². The van der Waals surface area contributed by atoms with Gasteiger partial charge in [0.2, 0.25) is 0 Å². The molecule has 4 heterocycles. The number of imidazole rings is 1. The molecule has 0 saturated carbocycles. The second kappa shape index (κ2) is 6.49. The number of hydrogen-bond donors (Lipinski definition) is 0. The van der Waals surface area contributed by atoms with E-state index in [2.05, 4.69) is 16.1 Å². The second-order valence-corrected chi connectivity index (χ2v) is 9.30. The van der Waals surface area contributed by atoms with Crippen LogP contribution in [0.4, 0.5) is 11.4 Å². The molecule has 28 heavy (non-hydrogen) atoms. The Balaban J connectivity index is 1.31. The summed E-state index contributed by atoms with van der Waals surface area (Å²) < 4.78 is 31.0. The molecular weight excluding hydrogens is 374 g/mol. The van der Waals surface area contributed by atoms with E-state index in [0.717, 1.165) is 55.2 Å². The average Bonchev–Trinajstić information content (AvgIpc) is 3.19. The number of nitrogens with zero attached hydrogens (tertiary/aromatic N) is 5. The van der Waals surface area contributed by atoms with E-state index in [-0.39, 0.29) is 6.04 Å². The number of likely N-dealkylation sites (tertiary alicyclic amines) is 1. The number of rotatable bonds is 3. The Morgan fingerprint density at radius 2 is 1.75 bits per heavy atom. The molecule has 1 saturated heterocycles. The molecule has 0 aliphatic carbocycles. The van der Waals surface area contributed by atoms with Crippen LogP contribution in [0.15, 0.2) is 54.9 Å². The third kappa shape index (κ3) is 2.75. The van der Waals surface area contributed by atoms with E-state index < -0.39 is 10.2 Å². The summed E-state index contributed by atoms with van der Waals surface area (Å²) in [6, 6.07) is 13.5. The zero-order valence-electron chi connectivity index (χ0n) is 15.8. The van der Waals surface area contributed by atoms with Gasteiger partial charge in [-0.1, -0.05) is 18.2 Å². The summed E-state index contributed by atoms with van der Waals surface area (Å²) in [6.07, 6.45) is 5.70. The van der Waals surface area contributed by atoms with Gasteiger partial charge in [-0.05, 0) is 37.1 Å². The fourth-order valence-electron chi connectivity index (χ4n) is 4.29. The van der Waals surface area contributed by atoms with Crippen LogP contribution in [-0.2, 0) is 16.8 Å². The molecule has 146 valence electrons. The standard InChI is InChI=1S/C20H23N5O2S/c1-22-18-6-2-3-7-19(18)25(28(22,26)27)17-9-12-23(13-10-17)14-16-15-24-11-5-4-8-20(24)21-16/h2-8,11,15,17H,9-10,12-14H2,1H3. The summed E-state index contributed by atoms with van der Waals surface area (Å²) in [6.45, 7) is 2.50. The van der Waals surface area contributed by atoms with Crippen molar-refractivity contribution in [3.05, 3.63) is 60.6 Å². The van der Waals surface area contributed by atoms with Gasteiger partial charge >= 0.3 is 10.2 Å². The minimum absolute atomic E-state index is 0.00609. The van der Waals surface area contributed by atoms with Crippen LogP contribution in [0.5, 0.6) is 0 Å². The topological polar surface area (TPSA) is 61.2 Å². The monoisotopic (exact) mass is 397 g/mol. The lowest BCUT2D eigenvalue weighted by molar-refractivity contribution is 0.205. The minimum Gasteiger partial charge on any atom is -0.307 e. The normalized spacial score (nSPS) is 20.0. The largest absolute Gasteiger partial charge is 0.326 e. The number of pyridine rings is 1. The third-order valence-electron chi connectivity index (χ3n) is 5.74. The van der Waals surface area contributed by atoms with Gasteiger partial charge in [0.05, 0.1) is 17.1 Å². The van der Waals surface area contributed by atoms with Crippen LogP contribution in [0.2, 0.25) is 0 Å². The van der Waals surface area contributed by atoms with Gasteiger partial charge in [-0.25, -0.2) is 9.29 Å². The van der Waals surface area contributed by atoms with Crippen molar-refractivity contribution in [3.63, 3.8) is 0 Å². The zero-order chi connectivity index (χ0) is 19.3. The summed E-state index contributed by atoms with van der Waals surface area (Å²) in [5.74, 6) is 0. The smallest absolute Gasteiger partial charge is 0.307 e. The predicted molar refractivity (Wildman–Crippen MR) is 110 cm³/mol. The number of benzene rings is 1. The average molecular weight is 398 g/mol. The van der Waals surface area contributed by atoms with Gasteiger partial charge in [0.25, 0.3) is 0 Å². The second-order valence-electron chi connectivity index (χ2n) is 7.47. The Hall–Kier alpha value is -2.58. The van der Waals surface area contributed by atoms with Crippen molar-refractivity contribution in [2.24, 2.45) is 0 Å². The zero-order valence-corrected chi connectivity index (χ0v) is 16.6. The Bertz CT molecular complexity index is 1090. The van der Waals surface area contributed by atoms with Crippen LogP contribution >= 0.6 is 0 Å². The van der Waals surface area contributed by atoms with Crippen molar-refractivity contribution in [2.45, 2.75) is 25.4 Å². The summed E-state index contributed by atoms with van der Waals surface area (Å²) in [5, 5.41) is 0. The molecule has 0 bridgehead atoms. The Morgan fingerprint density at radius 1 is 1.04 bits per heavy atom. The highest BCUT2D eigenvalue weighted by molar-refractivity contribution is 7.94. The fraction of sp³-hybridized carbons (Fsp3) is 0.350. The first-order valence-corrected chi connectivity index (χ1v) is 11.0. The van der Waals surface area contributed by atoms with Gasteiger partial charge in [0, 0.05) is 45.1 Å². The van der Waals surface area contributed by atoms with Gasteiger partial charge in [-0.3, -0.25) is 9.21 Å². The summed E-state index contributed by atoms with van der Waals surface area (Å²) >= 11 is 0. The number of anilines is 2. The van der Waals surface area contributed by atoms with Gasteiger partial charge in [0.1, 0.15) is 5.65 Å². The molecule has 1 aromatic carbocycles. The number of piperidine rings is 1. The highest BCUT2D eigenvalue weighted by Crippen LogP contribution is 2.42. The lowest BCUT2D eigenvalue weighted by Crippen LogP contribution is -2.48. The Morgan fingerprint density at radius 3 is 2.50 bits per heavy atom. The molecule has 2 aromatic heterocycles. The van der Waals surface area contributed by atoms with E-state index in [1.165, 1.54) is 4.31 Å². The highest BCUT2D eigenvalue weighted by atomic mass is 32.2. The Kier molecular flexibility index (Phi) is 4.06. The summed E-state index contributed by atoms with van der Waals surface area (Å²) in [4.78, 5) is 7.03. The molecule has 8 heteroatoms. The molecule has 0 spiro atoms. The molecule has 7 nitrogen and oxygen atoms in total. The predicted octanol–water partition coefficient (Wildman–Crippen LogP) is 2.50. The van der Waals surface area contributed by atoms with Gasteiger partial charge in [-0.2, -0.15) is 8.42 Å². The van der Waals surface area contributed by atoms with Gasteiger partial charge < -0.3 is 4.40 Å². The van der Waals surface area contributed by atoms with Crippen molar-refractivity contribution < 1.29 is 8.42 Å². The first kappa shape index (κ1) is 17.5. The van der Waals surface area contributed by atoms with Crippen molar-refractivity contribution in [3.8, 4) is 0 Å². The lowest BCUT2D eigenvalue weighted by Gasteiger charge is -2.36.